The van der Waals surface area contributed by atoms with Crippen molar-refractivity contribution in [3.63, 3.8) is 0 Å². The van der Waals surface area contributed by atoms with Crippen molar-refractivity contribution in [2.24, 2.45) is 0 Å². The Balaban J connectivity index is 2.32. The minimum absolute atomic E-state index is 0.102. The van der Waals surface area contributed by atoms with Crippen LogP contribution >= 0.6 is 11.8 Å². The summed E-state index contributed by atoms with van der Waals surface area (Å²) in [6.07, 6.45) is 1.89. The van der Waals surface area contributed by atoms with Crippen LogP contribution in [0.5, 0.6) is 0 Å². The van der Waals surface area contributed by atoms with Crippen LogP contribution in [0.25, 0.3) is 16.6 Å². The third kappa shape index (κ3) is 2.30. The first-order chi connectivity index (χ1) is 10.2. The van der Waals surface area contributed by atoms with E-state index in [1.54, 1.807) is 34.9 Å². The molecule has 0 radical (unpaired) electrons. The van der Waals surface area contributed by atoms with Crippen LogP contribution in [0.15, 0.2) is 58.5 Å². The van der Waals surface area contributed by atoms with Crippen molar-refractivity contribution in [3.05, 3.63) is 64.4 Å². The smallest absolute Gasteiger partial charge is 0.266 e. The zero-order valence-electron chi connectivity index (χ0n) is 11.3. The van der Waals surface area contributed by atoms with E-state index in [-0.39, 0.29) is 5.56 Å². The van der Waals surface area contributed by atoms with Gasteiger partial charge in [0.25, 0.3) is 5.56 Å². The van der Waals surface area contributed by atoms with E-state index in [9.17, 15) is 4.79 Å². The largest absolute Gasteiger partial charge is 0.268 e. The highest BCUT2D eigenvalue weighted by Gasteiger charge is 2.11. The number of fused-ring (bicyclic) bond motifs is 1. The van der Waals surface area contributed by atoms with Crippen LogP contribution in [-0.4, -0.2) is 15.8 Å². The Bertz CT molecular complexity index is 907. The monoisotopic (exact) mass is 293 g/mol. The number of rotatable bonds is 2. The van der Waals surface area contributed by atoms with Crippen LogP contribution in [0, 0.1) is 11.3 Å². The van der Waals surface area contributed by atoms with E-state index in [0.29, 0.717) is 27.3 Å². The third-order valence-electron chi connectivity index (χ3n) is 3.18. The van der Waals surface area contributed by atoms with Crippen molar-refractivity contribution in [1.29, 1.82) is 5.26 Å². The first-order valence-corrected chi connectivity index (χ1v) is 7.53. The second-order valence-electron chi connectivity index (χ2n) is 4.41. The highest BCUT2D eigenvalue weighted by atomic mass is 32.2. The zero-order chi connectivity index (χ0) is 14.8. The topological polar surface area (TPSA) is 58.7 Å². The van der Waals surface area contributed by atoms with Gasteiger partial charge in [0.05, 0.1) is 28.2 Å². The predicted molar refractivity (Wildman–Crippen MR) is 83.8 cm³/mol. The molecular weight excluding hydrogens is 282 g/mol. The van der Waals surface area contributed by atoms with Gasteiger partial charge in [0.2, 0.25) is 0 Å². The van der Waals surface area contributed by atoms with E-state index in [2.05, 4.69) is 11.1 Å². The lowest BCUT2D eigenvalue weighted by atomic mass is 10.2. The van der Waals surface area contributed by atoms with Gasteiger partial charge in [-0.2, -0.15) is 5.26 Å². The Hall–Kier alpha value is -2.58. The summed E-state index contributed by atoms with van der Waals surface area (Å²) >= 11 is 1.42. The van der Waals surface area contributed by atoms with Gasteiger partial charge in [-0.3, -0.25) is 9.36 Å². The number of aromatic nitrogens is 2. The van der Waals surface area contributed by atoms with E-state index >= 15 is 0 Å². The normalized spacial score (nSPS) is 10.5. The molecule has 0 aliphatic carbocycles. The van der Waals surface area contributed by atoms with Crippen molar-refractivity contribution >= 4 is 22.7 Å². The Morgan fingerprint density at radius 2 is 1.86 bits per heavy atom. The molecule has 0 aliphatic heterocycles. The molecule has 0 spiro atoms. The fraction of sp³-hybridized carbons (Fsp3) is 0.0625. The number of benzene rings is 2. The molecule has 3 aromatic rings. The standard InChI is InChI=1S/C16H11N3OS/c1-21-16-18-14-5-3-2-4-13(14)15(20)19(16)12-8-6-11(10-17)7-9-12/h2-9H,1H3. The highest BCUT2D eigenvalue weighted by molar-refractivity contribution is 7.98. The average molecular weight is 293 g/mol. The van der Waals surface area contributed by atoms with Crippen molar-refractivity contribution in [3.8, 4) is 11.8 Å². The van der Waals surface area contributed by atoms with E-state index in [1.807, 2.05) is 24.5 Å². The number of hydrogen-bond donors (Lipinski definition) is 0. The number of nitrogens with zero attached hydrogens (tertiary/aromatic N) is 3. The third-order valence-corrected chi connectivity index (χ3v) is 3.82. The minimum Gasteiger partial charge on any atom is -0.268 e. The molecule has 0 saturated carbocycles. The van der Waals surface area contributed by atoms with Crippen molar-refractivity contribution in [1.82, 2.24) is 9.55 Å². The number of hydrogen-bond acceptors (Lipinski definition) is 4. The molecule has 0 unspecified atom stereocenters. The van der Waals surface area contributed by atoms with Crippen LogP contribution in [0.4, 0.5) is 0 Å². The molecule has 4 nitrogen and oxygen atoms in total. The molecule has 0 bridgehead atoms. The van der Waals surface area contributed by atoms with E-state index in [1.165, 1.54) is 11.8 Å². The maximum absolute atomic E-state index is 12.7. The summed E-state index contributed by atoms with van der Waals surface area (Å²) in [5.41, 5.74) is 1.86. The summed E-state index contributed by atoms with van der Waals surface area (Å²) in [6, 6.07) is 16.3. The Morgan fingerprint density at radius 1 is 1.14 bits per heavy atom. The van der Waals surface area contributed by atoms with Gasteiger partial charge in [0.15, 0.2) is 5.16 Å². The van der Waals surface area contributed by atoms with Crippen LogP contribution in [-0.2, 0) is 0 Å². The van der Waals surface area contributed by atoms with Gasteiger partial charge in [-0.05, 0) is 42.7 Å². The van der Waals surface area contributed by atoms with Crippen LogP contribution in [0.1, 0.15) is 5.56 Å². The van der Waals surface area contributed by atoms with Crippen LogP contribution in [0.2, 0.25) is 0 Å². The summed E-state index contributed by atoms with van der Waals surface area (Å²) in [7, 11) is 0. The van der Waals surface area contributed by atoms with E-state index in [4.69, 9.17) is 5.26 Å². The minimum atomic E-state index is -0.102. The Morgan fingerprint density at radius 3 is 2.52 bits per heavy atom. The quantitative estimate of drug-likeness (QED) is 0.538. The molecule has 0 aliphatic rings. The lowest BCUT2D eigenvalue weighted by Crippen LogP contribution is -2.21. The molecule has 1 aromatic heterocycles. The van der Waals surface area contributed by atoms with Gasteiger partial charge in [-0.15, -0.1) is 0 Å². The van der Waals surface area contributed by atoms with E-state index in [0.717, 1.165) is 0 Å². The average Bonchev–Trinajstić information content (AvgIpc) is 2.55. The molecule has 0 N–H and O–H groups in total. The Kier molecular flexibility index (Phi) is 3.46. The first-order valence-electron chi connectivity index (χ1n) is 6.31. The maximum Gasteiger partial charge on any atom is 0.266 e. The summed E-state index contributed by atoms with van der Waals surface area (Å²) in [4.78, 5) is 17.2. The molecule has 3 rings (SSSR count). The van der Waals surface area contributed by atoms with Gasteiger partial charge in [-0.25, -0.2) is 4.98 Å². The van der Waals surface area contributed by atoms with Gasteiger partial charge in [0, 0.05) is 0 Å². The van der Waals surface area contributed by atoms with Gasteiger partial charge in [0.1, 0.15) is 0 Å². The zero-order valence-corrected chi connectivity index (χ0v) is 12.1. The molecule has 0 amide bonds. The van der Waals surface area contributed by atoms with Crippen LogP contribution in [0.3, 0.4) is 0 Å². The second kappa shape index (κ2) is 5.43. The van der Waals surface area contributed by atoms with Crippen molar-refractivity contribution in [2.45, 2.75) is 5.16 Å². The summed E-state index contributed by atoms with van der Waals surface area (Å²) < 4.78 is 1.58. The number of nitriles is 1. The fourth-order valence-corrected chi connectivity index (χ4v) is 2.72. The number of para-hydroxylation sites is 1. The summed E-state index contributed by atoms with van der Waals surface area (Å²) in [6.45, 7) is 0. The second-order valence-corrected chi connectivity index (χ2v) is 5.19. The summed E-state index contributed by atoms with van der Waals surface area (Å²) in [5, 5.41) is 10.1. The Labute approximate surface area is 125 Å². The van der Waals surface area contributed by atoms with Crippen LogP contribution < -0.4 is 5.56 Å². The van der Waals surface area contributed by atoms with Crippen molar-refractivity contribution in [2.75, 3.05) is 6.26 Å². The number of thioether (sulfide) groups is 1. The van der Waals surface area contributed by atoms with E-state index < -0.39 is 0 Å². The fourth-order valence-electron chi connectivity index (χ4n) is 2.16. The maximum atomic E-state index is 12.7. The van der Waals surface area contributed by atoms with Gasteiger partial charge in [-0.1, -0.05) is 23.9 Å². The molecule has 102 valence electrons. The molecule has 1 heterocycles. The highest BCUT2D eigenvalue weighted by Crippen LogP contribution is 2.19. The van der Waals surface area contributed by atoms with Crippen molar-refractivity contribution < 1.29 is 0 Å². The molecule has 5 heteroatoms. The summed E-state index contributed by atoms with van der Waals surface area (Å²) in [5.74, 6) is 0. The lowest BCUT2D eigenvalue weighted by molar-refractivity contribution is 0.821. The molecule has 0 saturated heterocycles. The molecule has 2 aromatic carbocycles. The molecule has 21 heavy (non-hydrogen) atoms. The molecule has 0 atom stereocenters. The predicted octanol–water partition coefficient (Wildman–Crippen LogP) is 2.98. The van der Waals surface area contributed by atoms with Gasteiger partial charge >= 0.3 is 0 Å². The molecule has 0 fully saturated rings. The SMILES string of the molecule is CSc1nc2ccccc2c(=O)n1-c1ccc(C#N)cc1. The lowest BCUT2D eigenvalue weighted by Gasteiger charge is -2.11. The molecular formula is C16H11N3OS. The van der Waals surface area contributed by atoms with Gasteiger partial charge < -0.3 is 0 Å². The first kappa shape index (κ1) is 13.4.